The van der Waals surface area contributed by atoms with Gasteiger partial charge in [0.15, 0.2) is 0 Å². The summed E-state index contributed by atoms with van der Waals surface area (Å²) < 4.78 is 7.43. The van der Waals surface area contributed by atoms with Gasteiger partial charge >= 0.3 is 0 Å². The lowest BCUT2D eigenvalue weighted by molar-refractivity contribution is 0.0247. The van der Waals surface area contributed by atoms with E-state index >= 15 is 0 Å². The van der Waals surface area contributed by atoms with Crippen molar-refractivity contribution in [2.24, 2.45) is 7.05 Å². The molecule has 17 heavy (non-hydrogen) atoms. The number of aromatic nitrogens is 2. The standard InChI is InChI=1S/C11H16BrN3O2/c1-15-11(16)10(12)9(7-14-15)13-6-8-4-2-3-5-17-8/h7-8,13H,2-6H2,1H3. The largest absolute Gasteiger partial charge is 0.380 e. The molecule has 1 fully saturated rings. The minimum atomic E-state index is -0.139. The molecule has 5 nitrogen and oxygen atoms in total. The molecule has 0 aliphatic carbocycles. The zero-order chi connectivity index (χ0) is 12.3. The second-order valence-electron chi connectivity index (χ2n) is 4.17. The average molecular weight is 302 g/mol. The summed E-state index contributed by atoms with van der Waals surface area (Å²) in [6.07, 6.45) is 5.31. The second-order valence-corrected chi connectivity index (χ2v) is 4.96. The number of ether oxygens (including phenoxy) is 1. The highest BCUT2D eigenvalue weighted by molar-refractivity contribution is 9.10. The number of nitrogens with one attached hydrogen (secondary N) is 1. The minimum Gasteiger partial charge on any atom is -0.380 e. The van der Waals surface area contributed by atoms with Crippen LogP contribution in [0.1, 0.15) is 19.3 Å². The Labute approximate surface area is 108 Å². The SMILES string of the molecule is Cn1ncc(NCC2CCCCO2)c(Br)c1=O. The Bertz CT molecular complexity index is 441. The van der Waals surface area contributed by atoms with Gasteiger partial charge in [-0.3, -0.25) is 4.79 Å². The van der Waals surface area contributed by atoms with Gasteiger partial charge in [0.05, 0.1) is 18.0 Å². The van der Waals surface area contributed by atoms with E-state index in [9.17, 15) is 4.79 Å². The topological polar surface area (TPSA) is 56.1 Å². The first-order valence-electron chi connectivity index (χ1n) is 5.76. The van der Waals surface area contributed by atoms with Gasteiger partial charge in [0.2, 0.25) is 0 Å². The maximum atomic E-state index is 11.6. The Morgan fingerprint density at radius 3 is 3.18 bits per heavy atom. The summed E-state index contributed by atoms with van der Waals surface area (Å²) in [5.41, 5.74) is 0.585. The van der Waals surface area contributed by atoms with Crippen LogP contribution in [-0.2, 0) is 11.8 Å². The normalized spacial score (nSPS) is 20.2. The molecule has 2 rings (SSSR count). The molecule has 1 aliphatic heterocycles. The molecule has 1 atom stereocenters. The molecule has 0 radical (unpaired) electrons. The number of rotatable bonds is 3. The molecule has 1 N–H and O–H groups in total. The van der Waals surface area contributed by atoms with Gasteiger partial charge in [-0.15, -0.1) is 0 Å². The van der Waals surface area contributed by atoms with Crippen molar-refractivity contribution in [1.82, 2.24) is 9.78 Å². The van der Waals surface area contributed by atoms with Crippen LogP contribution in [0.25, 0.3) is 0 Å². The summed E-state index contributed by atoms with van der Waals surface area (Å²) in [5, 5.41) is 7.18. The van der Waals surface area contributed by atoms with Gasteiger partial charge in [0.1, 0.15) is 4.47 Å². The highest BCUT2D eigenvalue weighted by atomic mass is 79.9. The first-order chi connectivity index (χ1) is 8.18. The monoisotopic (exact) mass is 301 g/mol. The highest BCUT2D eigenvalue weighted by Crippen LogP contribution is 2.18. The van der Waals surface area contributed by atoms with E-state index in [4.69, 9.17) is 4.74 Å². The molecule has 0 saturated carbocycles. The third-order valence-electron chi connectivity index (χ3n) is 2.87. The van der Waals surface area contributed by atoms with Crippen molar-refractivity contribution in [3.63, 3.8) is 0 Å². The minimum absolute atomic E-state index is 0.139. The van der Waals surface area contributed by atoms with Gasteiger partial charge in [0.25, 0.3) is 5.56 Å². The first kappa shape index (κ1) is 12.6. The lowest BCUT2D eigenvalue weighted by Gasteiger charge is -2.23. The fourth-order valence-electron chi connectivity index (χ4n) is 1.83. The Balaban J connectivity index is 1.99. The smallest absolute Gasteiger partial charge is 0.282 e. The Morgan fingerprint density at radius 1 is 1.65 bits per heavy atom. The number of hydrogen-bond donors (Lipinski definition) is 1. The first-order valence-corrected chi connectivity index (χ1v) is 6.55. The summed E-state index contributed by atoms with van der Waals surface area (Å²) >= 11 is 3.28. The van der Waals surface area contributed by atoms with E-state index in [0.717, 1.165) is 25.1 Å². The molecule has 1 unspecified atom stereocenters. The summed E-state index contributed by atoms with van der Waals surface area (Å²) in [5.74, 6) is 0. The van der Waals surface area contributed by atoms with Crippen LogP contribution < -0.4 is 10.9 Å². The van der Waals surface area contributed by atoms with Crippen molar-refractivity contribution in [1.29, 1.82) is 0 Å². The number of anilines is 1. The van der Waals surface area contributed by atoms with Crippen LogP contribution in [0.5, 0.6) is 0 Å². The molecule has 6 heteroatoms. The number of halogens is 1. The van der Waals surface area contributed by atoms with Gasteiger partial charge in [-0.2, -0.15) is 5.10 Å². The Hall–Kier alpha value is -0.880. The maximum absolute atomic E-state index is 11.6. The maximum Gasteiger partial charge on any atom is 0.282 e. The molecular weight excluding hydrogens is 286 g/mol. The molecule has 0 bridgehead atoms. The van der Waals surface area contributed by atoms with E-state index < -0.39 is 0 Å². The van der Waals surface area contributed by atoms with Crippen LogP contribution in [-0.4, -0.2) is 29.0 Å². The Morgan fingerprint density at radius 2 is 2.47 bits per heavy atom. The third-order valence-corrected chi connectivity index (χ3v) is 3.64. The van der Waals surface area contributed by atoms with Gasteiger partial charge in [-0.25, -0.2) is 4.68 Å². The molecule has 0 aromatic carbocycles. The van der Waals surface area contributed by atoms with E-state index in [2.05, 4.69) is 26.3 Å². The van der Waals surface area contributed by atoms with E-state index in [-0.39, 0.29) is 11.7 Å². The van der Waals surface area contributed by atoms with E-state index in [1.165, 1.54) is 11.1 Å². The summed E-state index contributed by atoms with van der Waals surface area (Å²) in [6, 6.07) is 0. The van der Waals surface area contributed by atoms with Gasteiger partial charge in [0, 0.05) is 20.2 Å². The van der Waals surface area contributed by atoms with Crippen molar-refractivity contribution >= 4 is 21.6 Å². The molecule has 0 spiro atoms. The molecule has 1 saturated heterocycles. The molecule has 0 amide bonds. The zero-order valence-electron chi connectivity index (χ0n) is 9.78. The molecule has 1 aromatic rings. The number of aryl methyl sites for hydroxylation is 1. The molecular formula is C11H16BrN3O2. The van der Waals surface area contributed by atoms with Crippen molar-refractivity contribution in [3.05, 3.63) is 21.0 Å². The van der Waals surface area contributed by atoms with Gasteiger partial charge in [-0.05, 0) is 35.2 Å². The van der Waals surface area contributed by atoms with Crippen LogP contribution in [0.15, 0.2) is 15.5 Å². The molecule has 94 valence electrons. The van der Waals surface area contributed by atoms with Gasteiger partial charge in [-0.1, -0.05) is 0 Å². The van der Waals surface area contributed by atoms with Crippen molar-refractivity contribution in [3.8, 4) is 0 Å². The van der Waals surface area contributed by atoms with Crippen LogP contribution in [0, 0.1) is 0 Å². The van der Waals surface area contributed by atoms with E-state index in [0.29, 0.717) is 11.0 Å². The predicted molar refractivity (Wildman–Crippen MR) is 69.3 cm³/mol. The fourth-order valence-corrected chi connectivity index (χ4v) is 2.33. The van der Waals surface area contributed by atoms with Crippen LogP contribution >= 0.6 is 15.9 Å². The highest BCUT2D eigenvalue weighted by Gasteiger charge is 2.14. The molecule has 2 heterocycles. The molecule has 1 aliphatic rings. The zero-order valence-corrected chi connectivity index (χ0v) is 11.4. The average Bonchev–Trinajstić information content (AvgIpc) is 2.36. The second kappa shape index (κ2) is 5.64. The predicted octanol–water partition coefficient (Wildman–Crippen LogP) is 1.52. The van der Waals surface area contributed by atoms with E-state index in [1.807, 2.05) is 0 Å². The van der Waals surface area contributed by atoms with Crippen molar-refractivity contribution in [2.75, 3.05) is 18.5 Å². The van der Waals surface area contributed by atoms with Crippen LogP contribution in [0.3, 0.4) is 0 Å². The summed E-state index contributed by atoms with van der Waals surface area (Å²) in [6.45, 7) is 1.55. The van der Waals surface area contributed by atoms with Crippen LogP contribution in [0.2, 0.25) is 0 Å². The quantitative estimate of drug-likeness (QED) is 0.920. The van der Waals surface area contributed by atoms with Gasteiger partial charge < -0.3 is 10.1 Å². The fraction of sp³-hybridized carbons (Fsp3) is 0.636. The summed E-state index contributed by atoms with van der Waals surface area (Å²) in [7, 11) is 1.63. The lowest BCUT2D eigenvalue weighted by atomic mass is 10.1. The number of hydrogen-bond acceptors (Lipinski definition) is 4. The molecule has 1 aromatic heterocycles. The van der Waals surface area contributed by atoms with Crippen LogP contribution in [0.4, 0.5) is 5.69 Å². The van der Waals surface area contributed by atoms with Crippen molar-refractivity contribution in [2.45, 2.75) is 25.4 Å². The number of nitrogens with zero attached hydrogens (tertiary/aromatic N) is 2. The third kappa shape index (κ3) is 3.07. The summed E-state index contributed by atoms with van der Waals surface area (Å²) in [4.78, 5) is 11.6. The van der Waals surface area contributed by atoms with E-state index in [1.54, 1.807) is 13.2 Å². The van der Waals surface area contributed by atoms with Crippen molar-refractivity contribution < 1.29 is 4.74 Å². The Kier molecular flexibility index (Phi) is 4.17. The lowest BCUT2D eigenvalue weighted by Crippen LogP contribution is -2.28.